The molecular formula is C18H30N2O. The van der Waals surface area contributed by atoms with Crippen LogP contribution in [0.25, 0.3) is 0 Å². The lowest BCUT2D eigenvalue weighted by molar-refractivity contribution is 0.303. The highest BCUT2D eigenvalue weighted by atomic mass is 16.5. The predicted octanol–water partition coefficient (Wildman–Crippen LogP) is 4.48. The molecule has 1 saturated carbocycles. The zero-order chi connectivity index (χ0) is 14.9. The number of hydrazine groups is 1. The van der Waals surface area contributed by atoms with Crippen LogP contribution in [0.5, 0.6) is 5.75 Å². The van der Waals surface area contributed by atoms with Gasteiger partial charge >= 0.3 is 0 Å². The highest BCUT2D eigenvalue weighted by Gasteiger charge is 2.23. The van der Waals surface area contributed by atoms with E-state index in [9.17, 15) is 0 Å². The number of nitrogens with one attached hydrogen (secondary N) is 1. The maximum Gasteiger partial charge on any atom is 0.119 e. The average molecular weight is 290 g/mol. The van der Waals surface area contributed by atoms with E-state index in [-0.39, 0.29) is 6.04 Å². The van der Waals surface area contributed by atoms with Gasteiger partial charge in [-0.25, -0.2) is 0 Å². The Morgan fingerprint density at radius 3 is 2.38 bits per heavy atom. The number of benzene rings is 1. The fourth-order valence-corrected chi connectivity index (χ4v) is 2.63. The molecule has 21 heavy (non-hydrogen) atoms. The third kappa shape index (κ3) is 6.06. The van der Waals surface area contributed by atoms with E-state index in [0.29, 0.717) is 6.10 Å². The number of ether oxygens (including phenoxy) is 1. The molecule has 1 unspecified atom stereocenters. The zero-order valence-corrected chi connectivity index (χ0v) is 13.3. The fourth-order valence-electron chi connectivity index (χ4n) is 2.63. The Morgan fingerprint density at radius 1 is 1.10 bits per heavy atom. The summed E-state index contributed by atoms with van der Waals surface area (Å²) in [4.78, 5) is 0. The van der Waals surface area contributed by atoms with Crippen molar-refractivity contribution in [2.75, 3.05) is 0 Å². The van der Waals surface area contributed by atoms with Crippen LogP contribution >= 0.6 is 0 Å². The van der Waals surface area contributed by atoms with Crippen molar-refractivity contribution in [2.45, 2.75) is 76.9 Å². The highest BCUT2D eigenvalue weighted by Crippen LogP contribution is 2.28. The number of hydrogen-bond acceptors (Lipinski definition) is 3. The third-order valence-electron chi connectivity index (χ3n) is 4.16. The van der Waals surface area contributed by atoms with Gasteiger partial charge in [0.15, 0.2) is 0 Å². The summed E-state index contributed by atoms with van der Waals surface area (Å²) >= 11 is 0. The normalized spacial score (nSPS) is 15.9. The van der Waals surface area contributed by atoms with Crippen molar-refractivity contribution in [1.82, 2.24) is 5.43 Å². The lowest BCUT2D eigenvalue weighted by Crippen LogP contribution is -2.27. The van der Waals surface area contributed by atoms with E-state index in [0.717, 1.165) is 12.2 Å². The van der Waals surface area contributed by atoms with Crippen molar-refractivity contribution in [3.63, 3.8) is 0 Å². The Kier molecular flexibility index (Phi) is 7.04. The Morgan fingerprint density at radius 2 is 1.76 bits per heavy atom. The molecule has 0 amide bonds. The van der Waals surface area contributed by atoms with Crippen LogP contribution in [0.2, 0.25) is 0 Å². The lowest BCUT2D eigenvalue weighted by atomic mass is 10.00. The van der Waals surface area contributed by atoms with Crippen molar-refractivity contribution in [3.05, 3.63) is 29.8 Å². The maximum absolute atomic E-state index is 5.78. The van der Waals surface area contributed by atoms with E-state index in [2.05, 4.69) is 36.6 Å². The van der Waals surface area contributed by atoms with Crippen LogP contribution in [0.3, 0.4) is 0 Å². The third-order valence-corrected chi connectivity index (χ3v) is 4.16. The van der Waals surface area contributed by atoms with E-state index in [4.69, 9.17) is 10.6 Å². The minimum Gasteiger partial charge on any atom is -0.490 e. The number of rotatable bonds is 11. The van der Waals surface area contributed by atoms with E-state index < -0.39 is 0 Å². The first-order chi connectivity index (χ1) is 10.3. The van der Waals surface area contributed by atoms with Crippen molar-refractivity contribution < 1.29 is 4.74 Å². The summed E-state index contributed by atoms with van der Waals surface area (Å²) in [5, 5.41) is 0. The van der Waals surface area contributed by atoms with E-state index in [1.54, 1.807) is 0 Å². The van der Waals surface area contributed by atoms with Crippen LogP contribution in [0.4, 0.5) is 0 Å². The smallest absolute Gasteiger partial charge is 0.119 e. The monoisotopic (exact) mass is 290 g/mol. The molecule has 2 rings (SSSR count). The van der Waals surface area contributed by atoms with Gasteiger partial charge in [-0.15, -0.1) is 0 Å². The Balaban J connectivity index is 1.71. The van der Waals surface area contributed by atoms with E-state index in [1.165, 1.54) is 56.9 Å². The largest absolute Gasteiger partial charge is 0.490 e. The highest BCUT2D eigenvalue weighted by molar-refractivity contribution is 5.29. The molecule has 0 aliphatic heterocycles. The Bertz CT molecular complexity index is 387. The minimum atomic E-state index is 0.256. The van der Waals surface area contributed by atoms with Gasteiger partial charge in [-0.3, -0.25) is 11.3 Å². The second-order valence-corrected chi connectivity index (χ2v) is 6.16. The summed E-state index contributed by atoms with van der Waals surface area (Å²) in [6.07, 6.45) is 11.9. The fraction of sp³-hybridized carbons (Fsp3) is 0.667. The molecule has 0 radical (unpaired) electrons. The molecule has 0 heterocycles. The van der Waals surface area contributed by atoms with Crippen molar-refractivity contribution in [2.24, 2.45) is 5.84 Å². The first-order valence-corrected chi connectivity index (χ1v) is 8.56. The van der Waals surface area contributed by atoms with Crippen LogP contribution in [0.15, 0.2) is 24.3 Å². The van der Waals surface area contributed by atoms with E-state index >= 15 is 0 Å². The predicted molar refractivity (Wildman–Crippen MR) is 88.1 cm³/mol. The van der Waals surface area contributed by atoms with Gasteiger partial charge in [0.1, 0.15) is 5.75 Å². The number of unbranched alkanes of at least 4 members (excludes halogenated alkanes) is 5. The van der Waals surface area contributed by atoms with Gasteiger partial charge in [0.25, 0.3) is 0 Å². The van der Waals surface area contributed by atoms with Crippen molar-refractivity contribution in [3.8, 4) is 5.75 Å². The lowest BCUT2D eigenvalue weighted by Gasteiger charge is -2.17. The standard InChI is InChI=1S/C18H30N2O/c1-2-3-4-5-6-7-8-18(20-19)15-9-11-16(12-10-15)21-17-13-14-17/h9-12,17-18,20H,2-8,13-14,19H2,1H3. The molecule has 118 valence electrons. The quantitative estimate of drug-likeness (QED) is 0.359. The molecule has 1 aliphatic rings. The summed E-state index contributed by atoms with van der Waals surface area (Å²) in [5.74, 6) is 6.70. The van der Waals surface area contributed by atoms with Gasteiger partial charge in [-0.1, -0.05) is 57.6 Å². The molecule has 1 fully saturated rings. The molecule has 3 N–H and O–H groups in total. The van der Waals surface area contributed by atoms with Crippen LogP contribution < -0.4 is 16.0 Å². The molecule has 0 spiro atoms. The molecule has 1 aromatic rings. The SMILES string of the molecule is CCCCCCCCC(NN)c1ccc(OC2CC2)cc1. The van der Waals surface area contributed by atoms with E-state index in [1.807, 2.05) is 0 Å². The van der Waals surface area contributed by atoms with Crippen molar-refractivity contribution in [1.29, 1.82) is 0 Å². The molecule has 0 saturated heterocycles. The molecule has 3 nitrogen and oxygen atoms in total. The summed E-state index contributed by atoms with van der Waals surface area (Å²) in [6, 6.07) is 8.67. The first kappa shape index (κ1) is 16.3. The Labute approximate surface area is 129 Å². The molecule has 1 atom stereocenters. The number of hydrogen-bond donors (Lipinski definition) is 2. The van der Waals surface area contributed by atoms with Crippen LogP contribution in [-0.4, -0.2) is 6.10 Å². The second-order valence-electron chi connectivity index (χ2n) is 6.16. The second kappa shape index (κ2) is 9.06. The summed E-state index contributed by atoms with van der Waals surface area (Å²) in [5.41, 5.74) is 4.21. The summed E-state index contributed by atoms with van der Waals surface area (Å²) in [6.45, 7) is 2.25. The van der Waals surface area contributed by atoms with Gasteiger partial charge in [0, 0.05) is 6.04 Å². The summed E-state index contributed by atoms with van der Waals surface area (Å²) in [7, 11) is 0. The molecule has 3 heteroatoms. The topological polar surface area (TPSA) is 47.3 Å². The zero-order valence-electron chi connectivity index (χ0n) is 13.3. The molecule has 1 aliphatic carbocycles. The van der Waals surface area contributed by atoms with Gasteiger partial charge in [0.2, 0.25) is 0 Å². The van der Waals surface area contributed by atoms with Crippen LogP contribution in [-0.2, 0) is 0 Å². The molecular weight excluding hydrogens is 260 g/mol. The number of nitrogens with two attached hydrogens (primary N) is 1. The molecule has 1 aromatic carbocycles. The van der Waals surface area contributed by atoms with Gasteiger partial charge < -0.3 is 4.74 Å². The van der Waals surface area contributed by atoms with Crippen LogP contribution in [0.1, 0.15) is 76.3 Å². The van der Waals surface area contributed by atoms with Gasteiger partial charge in [-0.2, -0.15) is 0 Å². The van der Waals surface area contributed by atoms with Crippen LogP contribution in [0, 0.1) is 0 Å². The molecule has 0 aromatic heterocycles. The van der Waals surface area contributed by atoms with Gasteiger partial charge in [-0.05, 0) is 37.0 Å². The average Bonchev–Trinajstić information content (AvgIpc) is 3.32. The minimum absolute atomic E-state index is 0.256. The summed E-state index contributed by atoms with van der Waals surface area (Å²) < 4.78 is 5.78. The maximum atomic E-state index is 5.78. The first-order valence-electron chi connectivity index (χ1n) is 8.56. The Hall–Kier alpha value is -1.06. The van der Waals surface area contributed by atoms with Gasteiger partial charge in [0.05, 0.1) is 6.10 Å². The van der Waals surface area contributed by atoms with Crippen molar-refractivity contribution >= 4 is 0 Å². The molecule has 0 bridgehead atoms.